The number of aromatic amines is 1. The van der Waals surface area contributed by atoms with Gasteiger partial charge in [0.1, 0.15) is 11.5 Å². The zero-order chi connectivity index (χ0) is 43.9. The van der Waals surface area contributed by atoms with Crippen LogP contribution in [-0.2, 0) is 28.2 Å². The summed E-state index contributed by atoms with van der Waals surface area (Å²) in [6.45, 7) is 4.14. The Balaban J connectivity index is 0.892. The van der Waals surface area contributed by atoms with Crippen LogP contribution in [0.4, 0.5) is 0 Å². The summed E-state index contributed by atoms with van der Waals surface area (Å²) < 4.78 is 11.6. The van der Waals surface area contributed by atoms with Crippen LogP contribution in [0.25, 0.3) is 16.5 Å². The average Bonchev–Trinajstić information content (AvgIpc) is 3.82. The smallest absolute Gasteiger partial charge is 0.347 e. The number of amides is 1. The predicted molar refractivity (Wildman–Crippen MR) is 241 cm³/mol. The molecule has 324 valence electrons. The van der Waals surface area contributed by atoms with Gasteiger partial charge >= 0.3 is 5.97 Å². The van der Waals surface area contributed by atoms with E-state index in [2.05, 4.69) is 39.5 Å². The number of phenols is 1. The minimum atomic E-state index is -2.05. The topological polar surface area (TPSA) is 165 Å². The number of carbonyl (C=O) groups is 2. The number of piperidine rings is 1. The largest absolute Gasteiger partial charge is 0.506 e. The van der Waals surface area contributed by atoms with Crippen molar-refractivity contribution in [1.82, 2.24) is 20.1 Å². The Bertz CT molecular complexity index is 2660. The Morgan fingerprint density at radius 2 is 1.63 bits per heavy atom. The molecule has 0 bridgehead atoms. The molecule has 1 amide bonds. The van der Waals surface area contributed by atoms with Crippen LogP contribution in [0.5, 0.6) is 11.5 Å². The van der Waals surface area contributed by atoms with Crippen molar-refractivity contribution in [2.45, 2.75) is 37.6 Å². The molecular formula is C51H52N4O8. The van der Waals surface area contributed by atoms with Crippen LogP contribution < -0.4 is 15.6 Å². The molecule has 2 atom stereocenters. The average molecular weight is 849 g/mol. The third-order valence-electron chi connectivity index (χ3n) is 12.2. The lowest BCUT2D eigenvalue weighted by atomic mass is 9.85. The van der Waals surface area contributed by atoms with Crippen molar-refractivity contribution in [3.05, 3.63) is 183 Å². The number of H-pyrrole nitrogens is 1. The lowest BCUT2D eigenvalue weighted by molar-refractivity contribution is -0.164. The molecule has 2 unspecified atom stereocenters. The molecule has 3 heterocycles. The standard InChI is InChI=1S/C51H52N4O8/c1-62-46-28-37(15-16-38(46)29-52-30-45(57)42-17-19-44(56)48-43(42)18-20-47(58)53-48)49(59)55-26-23-39(32-55)36-11-8-14-41(27-36)51(61,40-12-6-3-7-13-40)50(60)63-33-35-21-24-54(25-22-35)31-34-9-4-2-5-10-34/h2-20,23,27-28,35,45,52,56-57,61H,21-22,24-26,29-33H2,1H3,(H,53,58). The molecular weight excluding hydrogens is 797 g/mol. The van der Waals surface area contributed by atoms with Gasteiger partial charge in [-0.05, 0) is 90.0 Å². The lowest BCUT2D eigenvalue weighted by Gasteiger charge is -2.33. The number of aromatic hydroxyl groups is 1. The second kappa shape index (κ2) is 19.2. The van der Waals surface area contributed by atoms with E-state index in [-0.39, 0.29) is 41.8 Å². The van der Waals surface area contributed by atoms with E-state index in [0.29, 0.717) is 53.0 Å². The number of benzene rings is 5. The molecule has 0 spiro atoms. The van der Waals surface area contributed by atoms with Gasteiger partial charge in [0.2, 0.25) is 11.2 Å². The number of nitrogens with one attached hydrogen (secondary N) is 2. The maximum atomic E-state index is 14.0. The van der Waals surface area contributed by atoms with Crippen molar-refractivity contribution < 1.29 is 34.4 Å². The molecule has 0 saturated carbocycles. The van der Waals surface area contributed by atoms with Gasteiger partial charge in [0.25, 0.3) is 5.91 Å². The predicted octanol–water partition coefficient (Wildman–Crippen LogP) is 6.30. The van der Waals surface area contributed by atoms with Crippen molar-refractivity contribution in [2.24, 2.45) is 5.92 Å². The normalized spacial score (nSPS) is 16.0. The van der Waals surface area contributed by atoms with Crippen molar-refractivity contribution in [1.29, 1.82) is 0 Å². The second-order valence-corrected chi connectivity index (χ2v) is 16.3. The molecule has 12 heteroatoms. The zero-order valence-corrected chi connectivity index (χ0v) is 35.2. The summed E-state index contributed by atoms with van der Waals surface area (Å²) in [5, 5.41) is 37.4. The number of hydrogen-bond acceptors (Lipinski definition) is 10. The summed E-state index contributed by atoms with van der Waals surface area (Å²) >= 11 is 0. The van der Waals surface area contributed by atoms with Gasteiger partial charge in [-0.15, -0.1) is 0 Å². The highest BCUT2D eigenvalue weighted by molar-refractivity contribution is 5.97. The molecule has 12 nitrogen and oxygen atoms in total. The fraction of sp³-hybridized carbons (Fsp3) is 0.275. The number of methoxy groups -OCH3 is 1. The Hall–Kier alpha value is -6.57. The Morgan fingerprint density at radius 1 is 0.889 bits per heavy atom. The highest BCUT2D eigenvalue weighted by Crippen LogP contribution is 2.35. The number of pyridine rings is 1. The van der Waals surface area contributed by atoms with Crippen molar-refractivity contribution in [3.63, 3.8) is 0 Å². The fourth-order valence-electron chi connectivity index (χ4n) is 8.60. The number of carbonyl (C=O) groups excluding carboxylic acids is 2. The molecule has 1 saturated heterocycles. The maximum absolute atomic E-state index is 14.0. The Morgan fingerprint density at radius 3 is 2.40 bits per heavy atom. The van der Waals surface area contributed by atoms with E-state index in [0.717, 1.165) is 49.2 Å². The number of nitrogens with zero attached hydrogens (tertiary/aromatic N) is 2. The minimum absolute atomic E-state index is 0.0797. The number of aliphatic hydroxyl groups excluding tert-OH is 1. The molecule has 8 rings (SSSR count). The number of aliphatic hydroxyl groups is 2. The summed E-state index contributed by atoms with van der Waals surface area (Å²) in [4.78, 5) is 46.5. The third kappa shape index (κ3) is 9.59. The molecule has 2 aliphatic rings. The molecule has 1 fully saturated rings. The van der Waals surface area contributed by atoms with Gasteiger partial charge in [-0.25, -0.2) is 4.79 Å². The van der Waals surface area contributed by atoms with Crippen molar-refractivity contribution in [2.75, 3.05) is 46.4 Å². The first-order valence-corrected chi connectivity index (χ1v) is 21.3. The van der Waals surface area contributed by atoms with Gasteiger partial charge in [0.15, 0.2) is 0 Å². The van der Waals surface area contributed by atoms with Crippen LogP contribution in [0.15, 0.2) is 138 Å². The molecule has 5 N–H and O–H groups in total. The van der Waals surface area contributed by atoms with E-state index in [4.69, 9.17) is 9.47 Å². The maximum Gasteiger partial charge on any atom is 0.347 e. The molecule has 0 aliphatic carbocycles. The van der Waals surface area contributed by atoms with E-state index < -0.39 is 17.7 Å². The fourth-order valence-corrected chi connectivity index (χ4v) is 8.60. The second-order valence-electron chi connectivity index (χ2n) is 16.3. The van der Waals surface area contributed by atoms with Gasteiger partial charge in [-0.2, -0.15) is 0 Å². The third-order valence-corrected chi connectivity index (χ3v) is 12.2. The van der Waals surface area contributed by atoms with Crippen molar-refractivity contribution >= 4 is 28.4 Å². The van der Waals surface area contributed by atoms with Crippen LogP contribution in [-0.4, -0.2) is 88.4 Å². The quantitative estimate of drug-likeness (QED) is 0.0742. The van der Waals surface area contributed by atoms with Gasteiger partial charge in [-0.3, -0.25) is 14.5 Å². The molecule has 5 aromatic carbocycles. The van der Waals surface area contributed by atoms with Crippen LogP contribution in [0, 0.1) is 5.92 Å². The highest BCUT2D eigenvalue weighted by atomic mass is 16.5. The number of fused-ring (bicyclic) bond motifs is 1. The monoisotopic (exact) mass is 848 g/mol. The number of phenolic OH excluding ortho intramolecular Hbond substituents is 1. The van der Waals surface area contributed by atoms with E-state index in [1.165, 1.54) is 24.8 Å². The first-order valence-electron chi connectivity index (χ1n) is 21.3. The number of ether oxygens (including phenoxy) is 2. The zero-order valence-electron chi connectivity index (χ0n) is 35.2. The van der Waals surface area contributed by atoms with Gasteiger partial charge in [0.05, 0.1) is 25.3 Å². The lowest BCUT2D eigenvalue weighted by Crippen LogP contribution is -2.40. The minimum Gasteiger partial charge on any atom is -0.506 e. The van der Waals surface area contributed by atoms with Gasteiger partial charge in [0, 0.05) is 60.9 Å². The summed E-state index contributed by atoms with van der Waals surface area (Å²) in [6.07, 6.45) is 2.84. The van der Waals surface area contributed by atoms with E-state index in [1.807, 2.05) is 42.5 Å². The number of esters is 1. The highest BCUT2D eigenvalue weighted by Gasteiger charge is 2.42. The molecule has 6 aromatic rings. The Kier molecular flexibility index (Phi) is 13.1. The summed E-state index contributed by atoms with van der Waals surface area (Å²) in [6, 6.07) is 37.8. The first kappa shape index (κ1) is 43.1. The molecule has 2 aliphatic heterocycles. The number of likely N-dealkylation sites (tertiary alicyclic amines) is 1. The van der Waals surface area contributed by atoms with Crippen LogP contribution in [0.3, 0.4) is 0 Å². The molecule has 0 radical (unpaired) electrons. The molecule has 1 aromatic heterocycles. The van der Waals surface area contributed by atoms with Crippen LogP contribution in [0.2, 0.25) is 0 Å². The van der Waals surface area contributed by atoms with Crippen LogP contribution in [0.1, 0.15) is 62.7 Å². The molecule has 63 heavy (non-hydrogen) atoms. The number of rotatable bonds is 15. The van der Waals surface area contributed by atoms with Crippen molar-refractivity contribution in [3.8, 4) is 11.5 Å². The van der Waals surface area contributed by atoms with Gasteiger partial charge in [-0.1, -0.05) is 97.1 Å². The van der Waals surface area contributed by atoms with Gasteiger partial charge < -0.3 is 40.0 Å². The SMILES string of the molecule is COc1cc(C(=O)N2CC=C(c3cccc(C(O)(C(=O)OCC4CCN(Cc5ccccc5)CC4)c4ccccc4)c3)C2)ccc1CNCC(O)c1ccc(O)c2[nH]c(=O)ccc12. The van der Waals surface area contributed by atoms with E-state index in [1.54, 1.807) is 59.5 Å². The van der Waals surface area contributed by atoms with Crippen LogP contribution >= 0.6 is 0 Å². The summed E-state index contributed by atoms with van der Waals surface area (Å²) in [7, 11) is 1.54. The van der Waals surface area contributed by atoms with E-state index >= 15 is 0 Å². The number of hydrogen-bond donors (Lipinski definition) is 5. The van der Waals surface area contributed by atoms with E-state index in [9.17, 15) is 29.7 Å². The summed E-state index contributed by atoms with van der Waals surface area (Å²) in [5.74, 6) is -0.276. The summed E-state index contributed by atoms with van der Waals surface area (Å²) in [5.41, 5.74) is 3.39. The Labute approximate surface area is 366 Å². The number of aromatic nitrogens is 1. The first-order chi connectivity index (χ1) is 30.6.